The van der Waals surface area contributed by atoms with Crippen LogP contribution in [-0.2, 0) is 10.8 Å². The molecule has 142 valence electrons. The molecule has 0 saturated heterocycles. The molecule has 4 rings (SSSR count). The lowest BCUT2D eigenvalue weighted by Crippen LogP contribution is -2.16. The Hall–Kier alpha value is -2.67. The lowest BCUT2D eigenvalue weighted by molar-refractivity contribution is 0.569. The van der Waals surface area contributed by atoms with Crippen molar-refractivity contribution >= 4 is 21.8 Å². The average Bonchev–Trinajstić information content (AvgIpc) is 2.64. The Bertz CT molecular complexity index is 1080. The molecular weight excluding hydrogens is 338 g/mol. The van der Waals surface area contributed by atoms with E-state index < -0.39 is 0 Å². The molecule has 1 heteroatoms. The molecule has 0 N–H and O–H groups in total. The van der Waals surface area contributed by atoms with Gasteiger partial charge >= 0.3 is 0 Å². The highest BCUT2D eigenvalue weighted by molar-refractivity contribution is 6.09. The minimum absolute atomic E-state index is 0.0919. The molecule has 0 spiro atoms. The van der Waals surface area contributed by atoms with E-state index in [1.807, 2.05) is 0 Å². The SMILES string of the molecule is CC(C)(C)c1cc(-c2c3ccccc3nc3ccccc23)cc(C(C)(C)C)c1. The van der Waals surface area contributed by atoms with Gasteiger partial charge in [-0.15, -0.1) is 0 Å². The Morgan fingerprint density at radius 1 is 0.571 bits per heavy atom. The number of fused-ring (bicyclic) bond motifs is 2. The molecule has 0 aliphatic rings. The molecular formula is C27H29N. The monoisotopic (exact) mass is 367 g/mol. The topological polar surface area (TPSA) is 12.9 Å². The second-order valence-corrected chi connectivity index (χ2v) is 9.82. The zero-order chi connectivity index (χ0) is 20.1. The number of pyridine rings is 1. The molecule has 3 aromatic carbocycles. The number of para-hydroxylation sites is 2. The Kier molecular flexibility index (Phi) is 4.30. The van der Waals surface area contributed by atoms with Crippen LogP contribution in [0.3, 0.4) is 0 Å². The van der Waals surface area contributed by atoms with Crippen molar-refractivity contribution in [1.82, 2.24) is 4.98 Å². The lowest BCUT2D eigenvalue weighted by Gasteiger charge is -2.27. The predicted molar refractivity (Wildman–Crippen MR) is 122 cm³/mol. The van der Waals surface area contributed by atoms with E-state index in [1.165, 1.54) is 33.0 Å². The second-order valence-electron chi connectivity index (χ2n) is 9.82. The number of hydrogen-bond acceptors (Lipinski definition) is 1. The van der Waals surface area contributed by atoms with Gasteiger partial charge < -0.3 is 0 Å². The highest BCUT2D eigenvalue weighted by atomic mass is 14.7. The summed E-state index contributed by atoms with van der Waals surface area (Å²) in [6.45, 7) is 13.8. The van der Waals surface area contributed by atoms with E-state index in [2.05, 4.69) is 108 Å². The molecule has 0 fully saturated rings. The van der Waals surface area contributed by atoms with E-state index in [1.54, 1.807) is 0 Å². The molecule has 0 aliphatic carbocycles. The summed E-state index contributed by atoms with van der Waals surface area (Å²) in [4.78, 5) is 4.91. The van der Waals surface area contributed by atoms with Crippen molar-refractivity contribution in [3.8, 4) is 11.1 Å². The number of benzene rings is 3. The maximum Gasteiger partial charge on any atom is 0.0715 e. The van der Waals surface area contributed by atoms with Gasteiger partial charge in [0, 0.05) is 16.3 Å². The zero-order valence-electron chi connectivity index (χ0n) is 17.8. The Labute approximate surface area is 168 Å². The summed E-state index contributed by atoms with van der Waals surface area (Å²) in [5.74, 6) is 0. The first kappa shape index (κ1) is 18.7. The van der Waals surface area contributed by atoms with Crippen LogP contribution in [0.2, 0.25) is 0 Å². The molecule has 1 nitrogen and oxygen atoms in total. The van der Waals surface area contributed by atoms with Crippen LogP contribution >= 0.6 is 0 Å². The van der Waals surface area contributed by atoms with Crippen molar-refractivity contribution in [2.45, 2.75) is 52.4 Å². The van der Waals surface area contributed by atoms with Gasteiger partial charge in [0.15, 0.2) is 0 Å². The van der Waals surface area contributed by atoms with Crippen LogP contribution in [-0.4, -0.2) is 4.98 Å². The van der Waals surface area contributed by atoms with Gasteiger partial charge in [0.05, 0.1) is 11.0 Å². The van der Waals surface area contributed by atoms with Gasteiger partial charge in [-0.3, -0.25) is 0 Å². The van der Waals surface area contributed by atoms with Crippen molar-refractivity contribution in [2.75, 3.05) is 0 Å². The highest BCUT2D eigenvalue weighted by Gasteiger charge is 2.22. The summed E-state index contributed by atoms with van der Waals surface area (Å²) in [6, 6.07) is 24.1. The zero-order valence-corrected chi connectivity index (χ0v) is 17.8. The normalized spacial score (nSPS) is 12.6. The summed E-state index contributed by atoms with van der Waals surface area (Å²) < 4.78 is 0. The fourth-order valence-corrected chi connectivity index (χ4v) is 3.79. The quantitative estimate of drug-likeness (QED) is 0.315. The molecule has 28 heavy (non-hydrogen) atoms. The average molecular weight is 368 g/mol. The molecule has 0 unspecified atom stereocenters. The van der Waals surface area contributed by atoms with Crippen molar-refractivity contribution in [2.24, 2.45) is 0 Å². The van der Waals surface area contributed by atoms with Crippen LogP contribution in [0.15, 0.2) is 66.7 Å². The summed E-state index contributed by atoms with van der Waals surface area (Å²) in [7, 11) is 0. The maximum absolute atomic E-state index is 4.91. The third-order valence-corrected chi connectivity index (χ3v) is 5.54. The fourth-order valence-electron chi connectivity index (χ4n) is 3.79. The minimum atomic E-state index is 0.0919. The summed E-state index contributed by atoms with van der Waals surface area (Å²) in [5, 5.41) is 2.43. The summed E-state index contributed by atoms with van der Waals surface area (Å²) >= 11 is 0. The molecule has 1 aromatic heterocycles. The van der Waals surface area contributed by atoms with Gasteiger partial charge in [-0.1, -0.05) is 96.1 Å². The van der Waals surface area contributed by atoms with Crippen LogP contribution in [0.1, 0.15) is 52.7 Å². The summed E-state index contributed by atoms with van der Waals surface area (Å²) in [5.41, 5.74) is 7.61. The molecule has 0 amide bonds. The standard InChI is InChI=1S/C27H29N/c1-26(2,3)19-15-18(16-20(17-19)27(4,5)6)25-21-11-7-9-13-23(21)28-24-14-10-8-12-22(24)25/h7-17H,1-6H3. The van der Waals surface area contributed by atoms with Crippen LogP contribution in [0, 0.1) is 0 Å². The van der Waals surface area contributed by atoms with E-state index in [-0.39, 0.29) is 10.8 Å². The van der Waals surface area contributed by atoms with Gasteiger partial charge in [0.25, 0.3) is 0 Å². The largest absolute Gasteiger partial charge is 0.248 e. The van der Waals surface area contributed by atoms with Crippen LogP contribution in [0.5, 0.6) is 0 Å². The molecule has 0 aliphatic heterocycles. The first-order chi connectivity index (χ1) is 13.1. The number of aromatic nitrogens is 1. The number of rotatable bonds is 1. The van der Waals surface area contributed by atoms with Crippen molar-refractivity contribution in [3.05, 3.63) is 77.9 Å². The maximum atomic E-state index is 4.91. The highest BCUT2D eigenvalue weighted by Crippen LogP contribution is 2.39. The fraction of sp³-hybridized carbons (Fsp3) is 0.296. The van der Waals surface area contributed by atoms with Crippen molar-refractivity contribution in [1.29, 1.82) is 0 Å². The molecule has 0 bridgehead atoms. The molecule has 0 saturated carbocycles. The van der Waals surface area contributed by atoms with Crippen LogP contribution < -0.4 is 0 Å². The van der Waals surface area contributed by atoms with E-state index >= 15 is 0 Å². The Balaban J connectivity index is 2.15. The van der Waals surface area contributed by atoms with Crippen LogP contribution in [0.4, 0.5) is 0 Å². The minimum Gasteiger partial charge on any atom is -0.248 e. The third kappa shape index (κ3) is 3.30. The van der Waals surface area contributed by atoms with Crippen molar-refractivity contribution < 1.29 is 0 Å². The Morgan fingerprint density at radius 3 is 1.43 bits per heavy atom. The van der Waals surface area contributed by atoms with Gasteiger partial charge in [0.1, 0.15) is 0 Å². The number of hydrogen-bond donors (Lipinski definition) is 0. The number of nitrogens with zero attached hydrogens (tertiary/aromatic N) is 1. The smallest absolute Gasteiger partial charge is 0.0715 e. The van der Waals surface area contributed by atoms with E-state index in [4.69, 9.17) is 4.98 Å². The van der Waals surface area contributed by atoms with Gasteiger partial charge in [-0.05, 0) is 39.7 Å². The first-order valence-corrected chi connectivity index (χ1v) is 10.1. The van der Waals surface area contributed by atoms with Gasteiger partial charge in [-0.25, -0.2) is 4.98 Å². The molecule has 4 aromatic rings. The predicted octanol–water partition coefficient (Wildman–Crippen LogP) is 7.65. The van der Waals surface area contributed by atoms with Crippen molar-refractivity contribution in [3.63, 3.8) is 0 Å². The van der Waals surface area contributed by atoms with E-state index in [0.717, 1.165) is 11.0 Å². The van der Waals surface area contributed by atoms with Gasteiger partial charge in [0.2, 0.25) is 0 Å². The third-order valence-electron chi connectivity index (χ3n) is 5.54. The summed E-state index contributed by atoms with van der Waals surface area (Å²) in [6.07, 6.45) is 0. The van der Waals surface area contributed by atoms with E-state index in [9.17, 15) is 0 Å². The second kappa shape index (κ2) is 6.44. The molecule has 0 radical (unpaired) electrons. The lowest BCUT2D eigenvalue weighted by atomic mass is 9.78. The van der Waals surface area contributed by atoms with Gasteiger partial charge in [-0.2, -0.15) is 0 Å². The Morgan fingerprint density at radius 2 is 1.00 bits per heavy atom. The molecule has 1 heterocycles. The first-order valence-electron chi connectivity index (χ1n) is 10.1. The van der Waals surface area contributed by atoms with E-state index in [0.29, 0.717) is 0 Å². The molecule has 0 atom stereocenters. The van der Waals surface area contributed by atoms with Crippen LogP contribution in [0.25, 0.3) is 32.9 Å².